The summed E-state index contributed by atoms with van der Waals surface area (Å²) < 4.78 is 5.59. The van der Waals surface area contributed by atoms with E-state index in [1.54, 1.807) is 12.1 Å². The van der Waals surface area contributed by atoms with Crippen LogP contribution in [-0.2, 0) is 4.74 Å². The number of halogens is 1. The minimum Gasteiger partial charge on any atom is -0.377 e. The first-order valence-electron chi connectivity index (χ1n) is 7.23. The molecule has 6 heteroatoms. The molecule has 1 aliphatic heterocycles. The molecule has 1 spiro atoms. The molecular weight excluding hydrogens is 290 g/mol. The Kier molecular flexibility index (Phi) is 2.94. The maximum Gasteiger partial charge on any atom is 0.275 e. The maximum absolute atomic E-state index is 12.9. The zero-order valence-electron chi connectivity index (χ0n) is 11.6. The van der Waals surface area contributed by atoms with Crippen molar-refractivity contribution in [2.24, 2.45) is 0 Å². The van der Waals surface area contributed by atoms with Crippen LogP contribution in [0.4, 0.5) is 0 Å². The van der Waals surface area contributed by atoms with Gasteiger partial charge in [-0.05, 0) is 37.5 Å². The lowest BCUT2D eigenvalue weighted by Gasteiger charge is -2.52. The molecule has 1 saturated heterocycles. The molecule has 0 radical (unpaired) electrons. The van der Waals surface area contributed by atoms with Gasteiger partial charge in [-0.1, -0.05) is 11.6 Å². The molecule has 1 amide bonds. The number of aromatic nitrogens is 2. The van der Waals surface area contributed by atoms with Gasteiger partial charge in [-0.3, -0.25) is 9.89 Å². The van der Waals surface area contributed by atoms with E-state index < -0.39 is 0 Å². The third kappa shape index (κ3) is 1.95. The fourth-order valence-corrected chi connectivity index (χ4v) is 3.50. The van der Waals surface area contributed by atoms with Gasteiger partial charge in [0.15, 0.2) is 5.69 Å². The zero-order chi connectivity index (χ0) is 14.4. The Balaban J connectivity index is 1.74. The van der Waals surface area contributed by atoms with Crippen LogP contribution in [0.2, 0.25) is 5.02 Å². The van der Waals surface area contributed by atoms with Gasteiger partial charge < -0.3 is 9.64 Å². The minimum absolute atomic E-state index is 0.0217. The van der Waals surface area contributed by atoms with Crippen molar-refractivity contribution in [3.05, 3.63) is 28.9 Å². The summed E-state index contributed by atoms with van der Waals surface area (Å²) in [5, 5.41) is 8.53. The molecule has 1 N–H and O–H groups in total. The first-order chi connectivity index (χ1) is 10.2. The summed E-state index contributed by atoms with van der Waals surface area (Å²) in [5.41, 5.74) is 1.18. The molecule has 2 heterocycles. The van der Waals surface area contributed by atoms with Crippen LogP contribution < -0.4 is 0 Å². The van der Waals surface area contributed by atoms with Crippen molar-refractivity contribution in [1.82, 2.24) is 15.1 Å². The van der Waals surface area contributed by atoms with Gasteiger partial charge in [0.25, 0.3) is 5.91 Å². The molecule has 1 aliphatic carbocycles. The number of amides is 1. The van der Waals surface area contributed by atoms with Gasteiger partial charge in [0, 0.05) is 17.0 Å². The molecule has 1 aromatic carbocycles. The number of aromatic amines is 1. The third-order valence-corrected chi connectivity index (χ3v) is 4.89. The van der Waals surface area contributed by atoms with Crippen molar-refractivity contribution in [2.45, 2.75) is 24.8 Å². The fraction of sp³-hybridized carbons (Fsp3) is 0.467. The number of morpholine rings is 1. The molecular formula is C15H16ClN3O2. The highest BCUT2D eigenvalue weighted by Crippen LogP contribution is 2.40. The van der Waals surface area contributed by atoms with Crippen LogP contribution in [0.25, 0.3) is 10.9 Å². The Morgan fingerprint density at radius 3 is 3.05 bits per heavy atom. The third-order valence-electron chi connectivity index (χ3n) is 4.66. The molecule has 0 unspecified atom stereocenters. The standard InChI is InChI=1S/C15H16ClN3O2/c16-10-2-3-12-11(8-10)13(18-17-12)14(20)19-6-7-21-9-15(19)4-1-5-15/h2-3,8H,1,4-7,9H2,(H,17,18). The molecule has 5 nitrogen and oxygen atoms in total. The number of ether oxygens (including phenoxy) is 1. The number of rotatable bonds is 1. The van der Waals surface area contributed by atoms with Crippen LogP contribution in [0, 0.1) is 0 Å². The summed E-state index contributed by atoms with van der Waals surface area (Å²) in [6.07, 6.45) is 3.18. The average molecular weight is 306 g/mol. The van der Waals surface area contributed by atoms with E-state index in [1.807, 2.05) is 11.0 Å². The van der Waals surface area contributed by atoms with E-state index in [-0.39, 0.29) is 11.4 Å². The Hall–Kier alpha value is -1.59. The van der Waals surface area contributed by atoms with Crippen molar-refractivity contribution in [3.8, 4) is 0 Å². The number of nitrogens with zero attached hydrogens (tertiary/aromatic N) is 2. The molecule has 2 aromatic rings. The van der Waals surface area contributed by atoms with E-state index >= 15 is 0 Å². The summed E-state index contributed by atoms with van der Waals surface area (Å²) in [7, 11) is 0. The average Bonchev–Trinajstić information content (AvgIpc) is 2.87. The number of benzene rings is 1. The van der Waals surface area contributed by atoms with E-state index in [9.17, 15) is 4.79 Å². The van der Waals surface area contributed by atoms with Crippen molar-refractivity contribution in [3.63, 3.8) is 0 Å². The topological polar surface area (TPSA) is 58.2 Å². The van der Waals surface area contributed by atoms with Crippen molar-refractivity contribution >= 4 is 28.4 Å². The lowest BCUT2D eigenvalue weighted by Crippen LogP contribution is -2.62. The Labute approximate surface area is 127 Å². The number of hydrogen-bond donors (Lipinski definition) is 1. The van der Waals surface area contributed by atoms with Crippen LogP contribution in [0.1, 0.15) is 29.8 Å². The Morgan fingerprint density at radius 2 is 2.29 bits per heavy atom. The van der Waals surface area contributed by atoms with Crippen LogP contribution in [0.5, 0.6) is 0 Å². The van der Waals surface area contributed by atoms with Gasteiger partial charge in [0.1, 0.15) is 0 Å². The van der Waals surface area contributed by atoms with Gasteiger partial charge in [-0.2, -0.15) is 5.10 Å². The zero-order valence-corrected chi connectivity index (χ0v) is 12.3. The molecule has 2 fully saturated rings. The molecule has 1 saturated carbocycles. The van der Waals surface area contributed by atoms with Crippen LogP contribution in [0.15, 0.2) is 18.2 Å². The molecule has 2 aliphatic rings. The molecule has 4 rings (SSSR count). The highest BCUT2D eigenvalue weighted by Gasteiger charge is 2.47. The first-order valence-corrected chi connectivity index (χ1v) is 7.61. The quantitative estimate of drug-likeness (QED) is 0.881. The maximum atomic E-state index is 12.9. The van der Waals surface area contributed by atoms with E-state index in [2.05, 4.69) is 10.2 Å². The minimum atomic E-state index is -0.112. The van der Waals surface area contributed by atoms with E-state index in [4.69, 9.17) is 16.3 Å². The smallest absolute Gasteiger partial charge is 0.275 e. The van der Waals surface area contributed by atoms with Gasteiger partial charge in [0.05, 0.1) is 24.3 Å². The van der Waals surface area contributed by atoms with E-state index in [1.165, 1.54) is 0 Å². The fourth-order valence-electron chi connectivity index (χ4n) is 3.33. The second kappa shape index (κ2) is 4.71. The molecule has 0 atom stereocenters. The summed E-state index contributed by atoms with van der Waals surface area (Å²) in [5.74, 6) is -0.0217. The Morgan fingerprint density at radius 1 is 1.43 bits per heavy atom. The van der Waals surface area contributed by atoms with Crippen molar-refractivity contribution < 1.29 is 9.53 Å². The summed E-state index contributed by atoms with van der Waals surface area (Å²) in [6, 6.07) is 5.43. The first kappa shape index (κ1) is 13.1. The molecule has 21 heavy (non-hydrogen) atoms. The number of H-pyrrole nitrogens is 1. The van der Waals surface area contributed by atoms with Crippen LogP contribution in [-0.4, -0.2) is 46.3 Å². The highest BCUT2D eigenvalue weighted by molar-refractivity contribution is 6.31. The normalized spacial score (nSPS) is 20.7. The van der Waals surface area contributed by atoms with Crippen LogP contribution in [0.3, 0.4) is 0 Å². The lowest BCUT2D eigenvalue weighted by atomic mass is 9.75. The lowest BCUT2D eigenvalue weighted by molar-refractivity contribution is -0.0878. The summed E-state index contributed by atoms with van der Waals surface area (Å²) >= 11 is 6.05. The molecule has 110 valence electrons. The predicted octanol–water partition coefficient (Wildman–Crippen LogP) is 2.61. The summed E-state index contributed by atoms with van der Waals surface area (Å²) in [4.78, 5) is 14.9. The van der Waals surface area contributed by atoms with Crippen LogP contribution >= 0.6 is 11.6 Å². The van der Waals surface area contributed by atoms with E-state index in [0.29, 0.717) is 30.5 Å². The number of carbonyl (C=O) groups excluding carboxylic acids is 1. The van der Waals surface area contributed by atoms with Crippen molar-refractivity contribution in [1.29, 1.82) is 0 Å². The monoisotopic (exact) mass is 305 g/mol. The van der Waals surface area contributed by atoms with Gasteiger partial charge in [-0.15, -0.1) is 0 Å². The largest absolute Gasteiger partial charge is 0.377 e. The second-order valence-electron chi connectivity index (χ2n) is 5.85. The number of nitrogens with one attached hydrogen (secondary N) is 1. The van der Waals surface area contributed by atoms with Gasteiger partial charge in [0.2, 0.25) is 0 Å². The second-order valence-corrected chi connectivity index (χ2v) is 6.29. The SMILES string of the molecule is O=C(c1n[nH]c2ccc(Cl)cc12)N1CCOCC12CCC2. The van der Waals surface area contributed by atoms with Crippen molar-refractivity contribution in [2.75, 3.05) is 19.8 Å². The van der Waals surface area contributed by atoms with Gasteiger partial charge in [-0.25, -0.2) is 0 Å². The molecule has 1 aromatic heterocycles. The Bertz CT molecular complexity index is 708. The number of carbonyl (C=O) groups is 1. The highest BCUT2D eigenvalue weighted by atomic mass is 35.5. The number of fused-ring (bicyclic) bond motifs is 1. The predicted molar refractivity (Wildman–Crippen MR) is 79.5 cm³/mol. The number of hydrogen-bond acceptors (Lipinski definition) is 3. The van der Waals surface area contributed by atoms with E-state index in [0.717, 1.165) is 30.2 Å². The molecule has 0 bridgehead atoms. The summed E-state index contributed by atoms with van der Waals surface area (Å²) in [6.45, 7) is 1.87. The van der Waals surface area contributed by atoms with Gasteiger partial charge >= 0.3 is 0 Å².